The first kappa shape index (κ1) is 13.8. The maximum atomic E-state index is 13.6. The molecule has 100 valence electrons. The summed E-state index contributed by atoms with van der Waals surface area (Å²) in [6.45, 7) is 2.45. The predicted molar refractivity (Wildman–Crippen MR) is 74.8 cm³/mol. The Kier molecular flexibility index (Phi) is 4.40. The lowest BCUT2D eigenvalue weighted by atomic mass is 10.1. The molecule has 0 heterocycles. The van der Waals surface area contributed by atoms with Crippen molar-refractivity contribution in [2.75, 3.05) is 0 Å². The highest BCUT2D eigenvalue weighted by molar-refractivity contribution is 6.32. The molecule has 0 aliphatic carbocycles. The molecule has 0 amide bonds. The standard InChI is InChI=1S/C15H15ClFNO/c1-10-2-5-15(13(16)6-10)19-9-12-7-11(8-18)3-4-14(12)17/h2-7H,8-9,18H2,1H3. The topological polar surface area (TPSA) is 35.2 Å². The summed E-state index contributed by atoms with van der Waals surface area (Å²) in [6.07, 6.45) is 0. The fourth-order valence-electron chi connectivity index (χ4n) is 1.74. The van der Waals surface area contributed by atoms with Crippen molar-refractivity contribution in [3.63, 3.8) is 0 Å². The second-order valence-corrected chi connectivity index (χ2v) is 4.76. The van der Waals surface area contributed by atoms with Gasteiger partial charge in [0.05, 0.1) is 5.02 Å². The highest BCUT2D eigenvalue weighted by Crippen LogP contribution is 2.26. The number of hydrogen-bond acceptors (Lipinski definition) is 2. The second kappa shape index (κ2) is 6.04. The average molecular weight is 280 g/mol. The molecule has 0 bridgehead atoms. The molecular weight excluding hydrogens is 265 g/mol. The lowest BCUT2D eigenvalue weighted by Crippen LogP contribution is -2.03. The number of ether oxygens (including phenoxy) is 1. The van der Waals surface area contributed by atoms with E-state index in [2.05, 4.69) is 0 Å². The quantitative estimate of drug-likeness (QED) is 0.923. The van der Waals surface area contributed by atoms with Crippen LogP contribution >= 0.6 is 11.6 Å². The molecule has 0 atom stereocenters. The van der Waals surface area contributed by atoms with E-state index in [-0.39, 0.29) is 12.4 Å². The van der Waals surface area contributed by atoms with E-state index in [0.29, 0.717) is 22.9 Å². The van der Waals surface area contributed by atoms with E-state index in [9.17, 15) is 4.39 Å². The maximum absolute atomic E-state index is 13.6. The molecule has 0 unspecified atom stereocenters. The van der Waals surface area contributed by atoms with Gasteiger partial charge in [-0.1, -0.05) is 23.7 Å². The minimum atomic E-state index is -0.305. The molecule has 2 rings (SSSR count). The summed E-state index contributed by atoms with van der Waals surface area (Å²) >= 11 is 6.06. The summed E-state index contributed by atoms with van der Waals surface area (Å²) in [5.41, 5.74) is 7.92. The van der Waals surface area contributed by atoms with Crippen LogP contribution in [0.15, 0.2) is 36.4 Å². The molecule has 4 heteroatoms. The summed E-state index contributed by atoms with van der Waals surface area (Å²) in [5.74, 6) is 0.241. The number of hydrogen-bond donors (Lipinski definition) is 1. The summed E-state index contributed by atoms with van der Waals surface area (Å²) in [6, 6.07) is 10.3. The highest BCUT2D eigenvalue weighted by atomic mass is 35.5. The summed E-state index contributed by atoms with van der Waals surface area (Å²) in [4.78, 5) is 0. The van der Waals surface area contributed by atoms with Gasteiger partial charge >= 0.3 is 0 Å². The minimum absolute atomic E-state index is 0.127. The van der Waals surface area contributed by atoms with E-state index in [1.165, 1.54) is 6.07 Å². The third-order valence-electron chi connectivity index (χ3n) is 2.82. The van der Waals surface area contributed by atoms with Crippen molar-refractivity contribution in [1.29, 1.82) is 0 Å². The summed E-state index contributed by atoms with van der Waals surface area (Å²) in [5, 5.41) is 0.524. The first-order valence-electron chi connectivity index (χ1n) is 5.96. The van der Waals surface area contributed by atoms with Gasteiger partial charge in [0, 0.05) is 12.1 Å². The molecular formula is C15H15ClFNO. The van der Waals surface area contributed by atoms with Crippen LogP contribution in [0.2, 0.25) is 5.02 Å². The monoisotopic (exact) mass is 279 g/mol. The van der Waals surface area contributed by atoms with Crippen LogP contribution in [0.3, 0.4) is 0 Å². The Morgan fingerprint density at radius 2 is 2.00 bits per heavy atom. The fourth-order valence-corrected chi connectivity index (χ4v) is 2.03. The van der Waals surface area contributed by atoms with E-state index in [4.69, 9.17) is 22.1 Å². The van der Waals surface area contributed by atoms with Gasteiger partial charge in [0.2, 0.25) is 0 Å². The van der Waals surface area contributed by atoms with Crippen LogP contribution in [0.25, 0.3) is 0 Å². The molecule has 0 saturated heterocycles. The Hall–Kier alpha value is -1.58. The molecule has 0 aromatic heterocycles. The SMILES string of the molecule is Cc1ccc(OCc2cc(CN)ccc2F)c(Cl)c1. The van der Waals surface area contributed by atoms with Crippen molar-refractivity contribution < 1.29 is 9.13 Å². The number of nitrogens with two attached hydrogens (primary N) is 1. The minimum Gasteiger partial charge on any atom is -0.487 e. The lowest BCUT2D eigenvalue weighted by molar-refractivity contribution is 0.300. The predicted octanol–water partition coefficient (Wildman–Crippen LogP) is 3.83. The van der Waals surface area contributed by atoms with Crippen LogP contribution in [-0.4, -0.2) is 0 Å². The van der Waals surface area contributed by atoms with Crippen molar-refractivity contribution in [1.82, 2.24) is 0 Å². The zero-order chi connectivity index (χ0) is 13.8. The van der Waals surface area contributed by atoms with E-state index < -0.39 is 0 Å². The zero-order valence-electron chi connectivity index (χ0n) is 10.6. The largest absolute Gasteiger partial charge is 0.487 e. The van der Waals surface area contributed by atoms with Gasteiger partial charge in [0.15, 0.2) is 0 Å². The Morgan fingerprint density at radius 3 is 2.68 bits per heavy atom. The van der Waals surface area contributed by atoms with Crippen molar-refractivity contribution in [3.8, 4) is 5.75 Å². The smallest absolute Gasteiger partial charge is 0.138 e. The number of halogens is 2. The van der Waals surface area contributed by atoms with Crippen LogP contribution in [0.5, 0.6) is 5.75 Å². The number of rotatable bonds is 4. The van der Waals surface area contributed by atoms with E-state index in [0.717, 1.165) is 11.1 Å². The van der Waals surface area contributed by atoms with Gasteiger partial charge in [0.25, 0.3) is 0 Å². The van der Waals surface area contributed by atoms with Crippen LogP contribution in [0, 0.1) is 12.7 Å². The second-order valence-electron chi connectivity index (χ2n) is 4.35. The normalized spacial score (nSPS) is 10.5. The molecule has 2 aromatic rings. The highest BCUT2D eigenvalue weighted by Gasteiger charge is 2.06. The molecule has 2 nitrogen and oxygen atoms in total. The first-order chi connectivity index (χ1) is 9.10. The average Bonchev–Trinajstić information content (AvgIpc) is 2.39. The van der Waals surface area contributed by atoms with Crippen molar-refractivity contribution in [2.24, 2.45) is 5.73 Å². The molecule has 19 heavy (non-hydrogen) atoms. The number of benzene rings is 2. The Morgan fingerprint density at radius 1 is 1.21 bits per heavy atom. The molecule has 2 N–H and O–H groups in total. The third-order valence-corrected chi connectivity index (χ3v) is 3.11. The van der Waals surface area contributed by atoms with Gasteiger partial charge in [-0.15, -0.1) is 0 Å². The fraction of sp³-hybridized carbons (Fsp3) is 0.200. The molecule has 0 radical (unpaired) electrons. The van der Waals surface area contributed by atoms with Gasteiger partial charge in [0.1, 0.15) is 18.2 Å². The van der Waals surface area contributed by atoms with Crippen molar-refractivity contribution in [3.05, 3.63) is 63.9 Å². The lowest BCUT2D eigenvalue weighted by Gasteiger charge is -2.10. The van der Waals surface area contributed by atoms with Gasteiger partial charge < -0.3 is 10.5 Å². The van der Waals surface area contributed by atoms with Gasteiger partial charge in [-0.2, -0.15) is 0 Å². The molecule has 0 spiro atoms. The van der Waals surface area contributed by atoms with E-state index in [1.807, 2.05) is 19.1 Å². The molecule has 0 saturated carbocycles. The Balaban J connectivity index is 2.14. The van der Waals surface area contributed by atoms with Crippen molar-refractivity contribution in [2.45, 2.75) is 20.1 Å². The molecule has 0 aliphatic rings. The Bertz CT molecular complexity index is 586. The summed E-state index contributed by atoms with van der Waals surface area (Å²) in [7, 11) is 0. The summed E-state index contributed by atoms with van der Waals surface area (Å²) < 4.78 is 19.2. The van der Waals surface area contributed by atoms with Crippen LogP contribution in [-0.2, 0) is 13.2 Å². The van der Waals surface area contributed by atoms with E-state index >= 15 is 0 Å². The number of aryl methyl sites for hydroxylation is 1. The van der Waals surface area contributed by atoms with E-state index in [1.54, 1.807) is 18.2 Å². The van der Waals surface area contributed by atoms with Gasteiger partial charge in [-0.25, -0.2) is 4.39 Å². The third kappa shape index (κ3) is 3.46. The Labute approximate surface area is 117 Å². The van der Waals surface area contributed by atoms with Crippen LogP contribution in [0.4, 0.5) is 4.39 Å². The van der Waals surface area contributed by atoms with Gasteiger partial charge in [-0.3, -0.25) is 0 Å². The first-order valence-corrected chi connectivity index (χ1v) is 6.34. The van der Waals surface area contributed by atoms with Gasteiger partial charge in [-0.05, 0) is 42.3 Å². The van der Waals surface area contributed by atoms with Crippen molar-refractivity contribution >= 4 is 11.6 Å². The maximum Gasteiger partial charge on any atom is 0.138 e. The molecule has 0 fully saturated rings. The molecule has 2 aromatic carbocycles. The zero-order valence-corrected chi connectivity index (χ0v) is 11.4. The molecule has 0 aliphatic heterocycles. The van der Waals surface area contributed by atoms with Crippen LogP contribution in [0.1, 0.15) is 16.7 Å². The van der Waals surface area contributed by atoms with Crippen LogP contribution < -0.4 is 10.5 Å².